The van der Waals surface area contributed by atoms with Crippen LogP contribution in [0.4, 0.5) is 4.39 Å². The van der Waals surface area contributed by atoms with Crippen molar-refractivity contribution in [2.24, 2.45) is 0 Å². The Morgan fingerprint density at radius 1 is 0.962 bits per heavy atom. The van der Waals surface area contributed by atoms with Crippen molar-refractivity contribution in [3.05, 3.63) is 65.5 Å². The highest BCUT2D eigenvalue weighted by molar-refractivity contribution is 5.97. The number of hydrogen-bond donors (Lipinski definition) is 1. The molecule has 0 radical (unpaired) electrons. The zero-order valence-corrected chi connectivity index (χ0v) is 15.0. The average molecular weight is 357 g/mol. The number of unbranched alkanes of at least 4 members (excludes halogenated alkanes) is 1. The predicted molar refractivity (Wildman–Crippen MR) is 98.9 cm³/mol. The van der Waals surface area contributed by atoms with Crippen molar-refractivity contribution in [1.82, 2.24) is 5.32 Å². The topological polar surface area (TPSA) is 55.4 Å². The minimum absolute atomic E-state index is 0.128. The highest BCUT2D eigenvalue weighted by Gasteiger charge is 2.09. The number of benzene rings is 2. The van der Waals surface area contributed by atoms with Gasteiger partial charge >= 0.3 is 0 Å². The Balaban J connectivity index is 1.58. The van der Waals surface area contributed by atoms with E-state index < -0.39 is 0 Å². The first-order chi connectivity index (χ1) is 12.6. The van der Waals surface area contributed by atoms with Gasteiger partial charge in [0.25, 0.3) is 0 Å². The summed E-state index contributed by atoms with van der Waals surface area (Å²) in [4.78, 5) is 23.7. The maximum atomic E-state index is 12.8. The lowest BCUT2D eigenvalue weighted by molar-refractivity contribution is -0.121. The molecule has 138 valence electrons. The number of halogens is 1. The quantitative estimate of drug-likeness (QED) is 0.518. The van der Waals surface area contributed by atoms with Crippen LogP contribution in [0, 0.1) is 5.82 Å². The van der Waals surface area contributed by atoms with Crippen molar-refractivity contribution < 1.29 is 18.7 Å². The van der Waals surface area contributed by atoms with E-state index in [-0.39, 0.29) is 30.3 Å². The lowest BCUT2D eigenvalue weighted by Crippen LogP contribution is -2.24. The summed E-state index contributed by atoms with van der Waals surface area (Å²) in [5.74, 6) is 0.176. The Labute approximate surface area is 153 Å². The van der Waals surface area contributed by atoms with Crippen LogP contribution in [0.15, 0.2) is 48.5 Å². The first-order valence-electron chi connectivity index (χ1n) is 8.77. The molecule has 0 atom stereocenters. The number of hydrogen-bond acceptors (Lipinski definition) is 3. The zero-order valence-electron chi connectivity index (χ0n) is 15.0. The lowest BCUT2D eigenvalue weighted by Gasteiger charge is -2.06. The molecule has 0 spiro atoms. The number of rotatable bonds is 10. The van der Waals surface area contributed by atoms with E-state index >= 15 is 0 Å². The van der Waals surface area contributed by atoms with Gasteiger partial charge in [0.1, 0.15) is 11.6 Å². The van der Waals surface area contributed by atoms with Gasteiger partial charge in [-0.05, 0) is 61.2 Å². The monoisotopic (exact) mass is 357 g/mol. The van der Waals surface area contributed by atoms with E-state index in [9.17, 15) is 14.0 Å². The fraction of sp³-hybridized carbons (Fsp3) is 0.333. The fourth-order valence-corrected chi connectivity index (χ4v) is 2.57. The zero-order chi connectivity index (χ0) is 18.8. The number of aryl methyl sites for hydroxylation is 1. The van der Waals surface area contributed by atoms with Crippen LogP contribution >= 0.6 is 0 Å². The molecule has 0 unspecified atom stereocenters. The molecule has 0 aliphatic carbocycles. The first-order valence-corrected chi connectivity index (χ1v) is 8.77. The van der Waals surface area contributed by atoms with Crippen LogP contribution in [-0.2, 0) is 11.2 Å². The third kappa shape index (κ3) is 6.67. The molecule has 2 aromatic carbocycles. The summed E-state index contributed by atoms with van der Waals surface area (Å²) in [5.41, 5.74) is 1.67. The van der Waals surface area contributed by atoms with Gasteiger partial charge in [-0.2, -0.15) is 0 Å². The summed E-state index contributed by atoms with van der Waals surface area (Å²) in [6.07, 6.45) is 3.08. The van der Waals surface area contributed by atoms with Gasteiger partial charge in [-0.3, -0.25) is 9.59 Å². The number of carbonyl (C=O) groups excluding carboxylic acids is 2. The predicted octanol–water partition coefficient (Wildman–Crippen LogP) is 3.94. The molecule has 5 heteroatoms. The van der Waals surface area contributed by atoms with Crippen molar-refractivity contribution in [1.29, 1.82) is 0 Å². The molecule has 0 aliphatic rings. The molecular formula is C21H24FNO3. The molecule has 4 nitrogen and oxygen atoms in total. The van der Waals surface area contributed by atoms with E-state index in [4.69, 9.17) is 4.74 Å². The number of nitrogens with one attached hydrogen (secondary N) is 1. The second kappa shape index (κ2) is 10.3. The molecule has 0 aliphatic heterocycles. The third-order valence-corrected chi connectivity index (χ3v) is 4.12. The van der Waals surface area contributed by atoms with Crippen molar-refractivity contribution in [2.75, 3.05) is 13.7 Å². The van der Waals surface area contributed by atoms with Crippen LogP contribution in [0.1, 0.15) is 41.6 Å². The van der Waals surface area contributed by atoms with Crippen LogP contribution in [0.3, 0.4) is 0 Å². The standard InChI is InChI=1S/C21H24FNO3/c1-26-19-11-5-16(6-12-19)4-2-3-15-23-21(25)14-13-20(24)17-7-9-18(22)10-8-17/h5-12H,2-4,13-15H2,1H3,(H,23,25). The molecule has 0 heterocycles. The second-order valence-electron chi connectivity index (χ2n) is 6.09. The van der Waals surface area contributed by atoms with Gasteiger partial charge < -0.3 is 10.1 Å². The number of ketones is 1. The van der Waals surface area contributed by atoms with Gasteiger partial charge in [0.05, 0.1) is 7.11 Å². The first kappa shape index (κ1) is 19.6. The fourth-order valence-electron chi connectivity index (χ4n) is 2.57. The molecule has 26 heavy (non-hydrogen) atoms. The summed E-state index contributed by atoms with van der Waals surface area (Å²) < 4.78 is 18.0. The highest BCUT2D eigenvalue weighted by Crippen LogP contribution is 2.13. The molecule has 0 saturated heterocycles. The molecule has 1 N–H and O–H groups in total. The van der Waals surface area contributed by atoms with Gasteiger partial charge in [-0.1, -0.05) is 12.1 Å². The van der Waals surface area contributed by atoms with Crippen LogP contribution in [-0.4, -0.2) is 25.3 Å². The minimum atomic E-state index is -0.381. The van der Waals surface area contributed by atoms with Gasteiger partial charge in [0.2, 0.25) is 5.91 Å². The van der Waals surface area contributed by atoms with Gasteiger partial charge in [-0.15, -0.1) is 0 Å². The maximum Gasteiger partial charge on any atom is 0.220 e. The van der Waals surface area contributed by atoms with E-state index in [1.807, 2.05) is 24.3 Å². The van der Waals surface area contributed by atoms with Gasteiger partial charge in [0.15, 0.2) is 5.78 Å². The summed E-state index contributed by atoms with van der Waals surface area (Å²) in [7, 11) is 1.64. The minimum Gasteiger partial charge on any atom is -0.497 e. The molecule has 0 saturated carbocycles. The molecule has 0 bridgehead atoms. The average Bonchev–Trinajstić information content (AvgIpc) is 2.67. The summed E-state index contributed by atoms with van der Waals surface area (Å²) in [5, 5.41) is 2.83. The van der Waals surface area contributed by atoms with E-state index in [0.717, 1.165) is 25.0 Å². The number of ether oxygens (including phenoxy) is 1. The number of methoxy groups -OCH3 is 1. The van der Waals surface area contributed by atoms with E-state index in [1.54, 1.807) is 7.11 Å². The van der Waals surface area contributed by atoms with Crippen molar-refractivity contribution in [2.45, 2.75) is 32.1 Å². The van der Waals surface area contributed by atoms with Crippen molar-refractivity contribution >= 4 is 11.7 Å². The lowest BCUT2D eigenvalue weighted by atomic mass is 10.1. The van der Waals surface area contributed by atoms with Gasteiger partial charge in [-0.25, -0.2) is 4.39 Å². The van der Waals surface area contributed by atoms with E-state index in [0.29, 0.717) is 12.1 Å². The molecule has 1 amide bonds. The Kier molecular flexibility index (Phi) is 7.80. The van der Waals surface area contributed by atoms with Crippen LogP contribution in [0.25, 0.3) is 0 Å². The molecule has 0 fully saturated rings. The Morgan fingerprint density at radius 2 is 1.65 bits per heavy atom. The van der Waals surface area contributed by atoms with Crippen LogP contribution in [0.2, 0.25) is 0 Å². The summed E-state index contributed by atoms with van der Waals surface area (Å²) >= 11 is 0. The van der Waals surface area contributed by atoms with E-state index in [2.05, 4.69) is 5.32 Å². The van der Waals surface area contributed by atoms with Crippen LogP contribution < -0.4 is 10.1 Å². The van der Waals surface area contributed by atoms with Gasteiger partial charge in [0, 0.05) is 24.9 Å². The number of Topliss-reactive ketones (excluding diaryl/α,β-unsaturated/α-hetero) is 1. The molecule has 2 aromatic rings. The molecule has 2 rings (SSSR count). The molecular weight excluding hydrogens is 333 g/mol. The highest BCUT2D eigenvalue weighted by atomic mass is 19.1. The van der Waals surface area contributed by atoms with E-state index in [1.165, 1.54) is 29.8 Å². The summed E-state index contributed by atoms with van der Waals surface area (Å²) in [6.45, 7) is 0.597. The molecule has 0 aromatic heterocycles. The number of carbonyl (C=O) groups is 2. The van der Waals surface area contributed by atoms with Crippen molar-refractivity contribution in [3.8, 4) is 5.75 Å². The largest absolute Gasteiger partial charge is 0.497 e. The van der Waals surface area contributed by atoms with Crippen LogP contribution in [0.5, 0.6) is 5.75 Å². The normalized spacial score (nSPS) is 10.4. The Hall–Kier alpha value is -2.69. The number of amides is 1. The maximum absolute atomic E-state index is 12.8. The third-order valence-electron chi connectivity index (χ3n) is 4.12. The Morgan fingerprint density at radius 3 is 2.31 bits per heavy atom. The second-order valence-corrected chi connectivity index (χ2v) is 6.09. The summed E-state index contributed by atoms with van der Waals surface area (Å²) in [6, 6.07) is 13.3. The Bertz CT molecular complexity index is 711. The van der Waals surface area contributed by atoms with Crippen molar-refractivity contribution in [3.63, 3.8) is 0 Å². The SMILES string of the molecule is COc1ccc(CCCCNC(=O)CCC(=O)c2ccc(F)cc2)cc1. The smallest absolute Gasteiger partial charge is 0.220 e.